The Labute approximate surface area is 149 Å². The molecule has 0 aromatic heterocycles. The van der Waals surface area contributed by atoms with Gasteiger partial charge in [-0.2, -0.15) is 0 Å². The van der Waals surface area contributed by atoms with Gasteiger partial charge in [-0.25, -0.2) is 4.79 Å². The molecule has 0 amide bonds. The zero-order valence-electron chi connectivity index (χ0n) is 15.2. The van der Waals surface area contributed by atoms with Gasteiger partial charge in [-0.05, 0) is 49.4 Å². The second kappa shape index (κ2) is 6.53. The summed E-state index contributed by atoms with van der Waals surface area (Å²) in [6.07, 6.45) is 4.42. The average Bonchev–Trinajstić information content (AvgIpc) is 2.89. The van der Waals surface area contributed by atoms with Crippen molar-refractivity contribution in [1.29, 1.82) is 0 Å². The van der Waals surface area contributed by atoms with Crippen LogP contribution in [0.15, 0.2) is 23.8 Å². The number of aliphatic hydroxyl groups excluding tert-OH is 3. The molecule has 140 valence electrons. The summed E-state index contributed by atoms with van der Waals surface area (Å²) in [5.41, 5.74) is 0.911. The third kappa shape index (κ3) is 2.86. The molecule has 0 radical (unpaired) electrons. The average molecular weight is 350 g/mol. The number of esters is 1. The van der Waals surface area contributed by atoms with Crippen LogP contribution in [-0.4, -0.2) is 46.7 Å². The van der Waals surface area contributed by atoms with Crippen LogP contribution in [0.3, 0.4) is 0 Å². The lowest BCUT2D eigenvalue weighted by molar-refractivity contribution is -0.151. The van der Waals surface area contributed by atoms with E-state index in [0.717, 1.165) is 24.8 Å². The Balaban J connectivity index is 1.89. The maximum atomic E-state index is 11.8. The molecule has 3 unspecified atom stereocenters. The summed E-state index contributed by atoms with van der Waals surface area (Å²) in [6, 6.07) is 0. The van der Waals surface area contributed by atoms with Gasteiger partial charge in [0.2, 0.25) is 0 Å². The molecule has 25 heavy (non-hydrogen) atoms. The standard InChI is InChI=1S/C20H30O5/c1-12-4-7-16-19(2,9-8-17(23)20(16,3)11-21)14(12)6-5-13-15(22)10-25-18(13)24/h5,14-17,21-23H,1,4,6-11H2,2-3H3/b13-5+/t14?,15-,16?,17-,19?,20+/m1/s1. The summed E-state index contributed by atoms with van der Waals surface area (Å²) in [4.78, 5) is 11.8. The van der Waals surface area contributed by atoms with E-state index in [1.165, 1.54) is 0 Å². The normalized spacial score (nSPS) is 46.2. The highest BCUT2D eigenvalue weighted by Gasteiger charge is 2.57. The van der Waals surface area contributed by atoms with Crippen LogP contribution >= 0.6 is 0 Å². The number of rotatable bonds is 3. The molecule has 0 spiro atoms. The predicted octanol–water partition coefficient (Wildman–Crippen LogP) is 1.96. The number of allylic oxidation sites excluding steroid dienone is 2. The molecule has 6 atom stereocenters. The van der Waals surface area contributed by atoms with Crippen LogP contribution in [0.2, 0.25) is 0 Å². The van der Waals surface area contributed by atoms with Gasteiger partial charge in [-0.3, -0.25) is 0 Å². The van der Waals surface area contributed by atoms with Crippen molar-refractivity contribution in [2.75, 3.05) is 13.2 Å². The van der Waals surface area contributed by atoms with Crippen molar-refractivity contribution >= 4 is 5.97 Å². The first-order valence-electron chi connectivity index (χ1n) is 9.26. The van der Waals surface area contributed by atoms with Gasteiger partial charge in [0.15, 0.2) is 0 Å². The lowest BCUT2D eigenvalue weighted by atomic mass is 9.46. The van der Waals surface area contributed by atoms with E-state index in [1.807, 2.05) is 13.0 Å². The van der Waals surface area contributed by atoms with Gasteiger partial charge in [-0.15, -0.1) is 0 Å². The van der Waals surface area contributed by atoms with E-state index in [2.05, 4.69) is 13.5 Å². The van der Waals surface area contributed by atoms with E-state index >= 15 is 0 Å². The lowest BCUT2D eigenvalue weighted by Crippen LogP contribution is -2.57. The number of hydrogen-bond donors (Lipinski definition) is 3. The summed E-state index contributed by atoms with van der Waals surface area (Å²) >= 11 is 0. The molecule has 1 aliphatic heterocycles. The highest BCUT2D eigenvalue weighted by atomic mass is 16.6. The van der Waals surface area contributed by atoms with E-state index in [4.69, 9.17) is 4.74 Å². The van der Waals surface area contributed by atoms with Gasteiger partial charge in [0, 0.05) is 5.41 Å². The van der Waals surface area contributed by atoms with Crippen molar-refractivity contribution < 1.29 is 24.9 Å². The van der Waals surface area contributed by atoms with Crippen molar-refractivity contribution in [2.24, 2.45) is 22.7 Å². The third-order valence-corrected chi connectivity index (χ3v) is 7.23. The summed E-state index contributed by atoms with van der Waals surface area (Å²) in [5, 5.41) is 30.4. The summed E-state index contributed by atoms with van der Waals surface area (Å²) < 4.78 is 4.90. The predicted molar refractivity (Wildman–Crippen MR) is 93.6 cm³/mol. The Morgan fingerprint density at radius 3 is 2.64 bits per heavy atom. The summed E-state index contributed by atoms with van der Waals surface area (Å²) in [6.45, 7) is 8.50. The first kappa shape index (κ1) is 18.6. The molecule has 0 aromatic carbocycles. The quantitative estimate of drug-likeness (QED) is 0.411. The number of cyclic esters (lactones) is 1. The van der Waals surface area contributed by atoms with Gasteiger partial charge >= 0.3 is 5.97 Å². The molecule has 5 heteroatoms. The molecule has 2 saturated carbocycles. The molecule has 3 rings (SSSR count). The maximum Gasteiger partial charge on any atom is 0.336 e. The van der Waals surface area contributed by atoms with Gasteiger partial charge < -0.3 is 20.1 Å². The van der Waals surface area contributed by atoms with E-state index in [9.17, 15) is 20.1 Å². The molecule has 3 N–H and O–H groups in total. The van der Waals surface area contributed by atoms with Crippen molar-refractivity contribution in [3.8, 4) is 0 Å². The Morgan fingerprint density at radius 1 is 1.32 bits per heavy atom. The van der Waals surface area contributed by atoms with Crippen LogP contribution in [0.4, 0.5) is 0 Å². The first-order chi connectivity index (χ1) is 11.7. The van der Waals surface area contributed by atoms with E-state index in [1.54, 1.807) is 0 Å². The largest absolute Gasteiger partial charge is 0.459 e. The minimum absolute atomic E-state index is 0.0280. The summed E-state index contributed by atoms with van der Waals surface area (Å²) in [5.74, 6) is -0.0734. The number of hydrogen-bond acceptors (Lipinski definition) is 5. The van der Waals surface area contributed by atoms with Gasteiger partial charge in [0.25, 0.3) is 0 Å². The van der Waals surface area contributed by atoms with Gasteiger partial charge in [-0.1, -0.05) is 32.1 Å². The summed E-state index contributed by atoms with van der Waals surface area (Å²) in [7, 11) is 0. The monoisotopic (exact) mass is 350 g/mol. The maximum absolute atomic E-state index is 11.8. The number of aliphatic hydroxyl groups is 3. The van der Waals surface area contributed by atoms with Gasteiger partial charge in [0.1, 0.15) is 12.7 Å². The molecule has 3 aliphatic rings. The Kier molecular flexibility index (Phi) is 4.86. The van der Waals surface area contributed by atoms with Gasteiger partial charge in [0.05, 0.1) is 18.3 Å². The fourth-order valence-electron chi connectivity index (χ4n) is 5.56. The third-order valence-electron chi connectivity index (χ3n) is 7.23. The minimum Gasteiger partial charge on any atom is -0.459 e. The van der Waals surface area contributed by atoms with E-state index in [0.29, 0.717) is 18.4 Å². The first-order valence-corrected chi connectivity index (χ1v) is 9.26. The second-order valence-corrected chi connectivity index (χ2v) is 8.54. The van der Waals surface area contributed by atoms with Crippen LogP contribution < -0.4 is 0 Å². The second-order valence-electron chi connectivity index (χ2n) is 8.54. The van der Waals surface area contributed by atoms with Crippen LogP contribution in [0.5, 0.6) is 0 Å². The fraction of sp³-hybridized carbons (Fsp3) is 0.750. The van der Waals surface area contributed by atoms with Crippen molar-refractivity contribution in [3.63, 3.8) is 0 Å². The Morgan fingerprint density at radius 2 is 2.04 bits per heavy atom. The number of ether oxygens (including phenoxy) is 1. The molecule has 1 saturated heterocycles. The molecule has 0 bridgehead atoms. The Hall–Kier alpha value is -1.17. The van der Waals surface area contributed by atoms with E-state index in [-0.39, 0.29) is 30.5 Å². The highest BCUT2D eigenvalue weighted by molar-refractivity contribution is 5.91. The van der Waals surface area contributed by atoms with Crippen molar-refractivity contribution in [2.45, 2.75) is 58.2 Å². The number of carbonyl (C=O) groups excluding carboxylic acids is 1. The van der Waals surface area contributed by atoms with Crippen LogP contribution in [0, 0.1) is 22.7 Å². The number of fused-ring (bicyclic) bond motifs is 1. The fourth-order valence-corrected chi connectivity index (χ4v) is 5.56. The zero-order valence-corrected chi connectivity index (χ0v) is 15.2. The number of carbonyl (C=O) groups is 1. The molecule has 3 fully saturated rings. The molecule has 5 nitrogen and oxygen atoms in total. The Bertz CT molecular complexity index is 597. The molecule has 0 aromatic rings. The van der Waals surface area contributed by atoms with Crippen LogP contribution in [0.25, 0.3) is 0 Å². The smallest absolute Gasteiger partial charge is 0.336 e. The van der Waals surface area contributed by atoms with Crippen LogP contribution in [-0.2, 0) is 9.53 Å². The lowest BCUT2D eigenvalue weighted by Gasteiger charge is -2.59. The minimum atomic E-state index is -0.844. The molecular weight excluding hydrogens is 320 g/mol. The molecule has 2 aliphatic carbocycles. The SMILES string of the molecule is C=C1CCC2C(C)(CC[C@@H](O)[C@@]2(C)CO)C1C/C=C1/C(=O)OC[C@H]1O. The molecular formula is C20H30O5. The van der Waals surface area contributed by atoms with Crippen molar-refractivity contribution in [1.82, 2.24) is 0 Å². The zero-order chi connectivity index (χ0) is 18.4. The topological polar surface area (TPSA) is 87.0 Å². The van der Waals surface area contributed by atoms with E-state index < -0.39 is 23.6 Å². The van der Waals surface area contributed by atoms with Crippen molar-refractivity contribution in [3.05, 3.63) is 23.8 Å². The van der Waals surface area contributed by atoms with Crippen LogP contribution in [0.1, 0.15) is 46.0 Å². The highest BCUT2D eigenvalue weighted by Crippen LogP contribution is 2.61. The molecule has 1 heterocycles.